The number of carbonyl (C=O) groups excluding carboxylic acids is 1. The summed E-state index contributed by atoms with van der Waals surface area (Å²) in [7, 11) is 3.33. The van der Waals surface area contributed by atoms with E-state index in [1.165, 1.54) is 18.4 Å². The highest BCUT2D eigenvalue weighted by Crippen LogP contribution is 2.37. The van der Waals surface area contributed by atoms with Crippen LogP contribution < -0.4 is 19.5 Å². The van der Waals surface area contributed by atoms with Gasteiger partial charge in [0.15, 0.2) is 11.5 Å². The van der Waals surface area contributed by atoms with Crippen molar-refractivity contribution in [2.75, 3.05) is 20.8 Å². The van der Waals surface area contributed by atoms with Crippen molar-refractivity contribution in [3.05, 3.63) is 53.8 Å². The number of carbonyl (C=O) groups is 1. The predicted molar refractivity (Wildman–Crippen MR) is 126 cm³/mol. The number of amides is 1. The first-order valence-corrected chi connectivity index (χ1v) is 11.8. The van der Waals surface area contributed by atoms with E-state index < -0.39 is 0 Å². The van der Waals surface area contributed by atoms with E-state index in [0.29, 0.717) is 13.0 Å². The molecule has 174 valence electrons. The maximum absolute atomic E-state index is 12.7. The number of hydrogen-bond acceptors (Lipinski definition) is 5. The third-order valence-electron chi connectivity index (χ3n) is 6.94. The van der Waals surface area contributed by atoms with Gasteiger partial charge in [0.25, 0.3) is 0 Å². The molecule has 0 spiro atoms. The average Bonchev–Trinajstić information content (AvgIpc) is 3.49. The fourth-order valence-corrected chi connectivity index (χ4v) is 5.10. The zero-order valence-electron chi connectivity index (χ0n) is 19.3. The van der Waals surface area contributed by atoms with Crippen molar-refractivity contribution in [2.24, 2.45) is 5.92 Å². The lowest BCUT2D eigenvalue weighted by Gasteiger charge is -2.29. The Balaban J connectivity index is 1.32. The SMILES string of the molecule is COc1ccc2oc(C[C@H]3C[C@@H](c4ccc(OC)c(OC5CCCC5)c4)CNC3=O)cc2c1. The molecule has 2 fully saturated rings. The highest BCUT2D eigenvalue weighted by molar-refractivity contribution is 5.81. The second-order valence-corrected chi connectivity index (χ2v) is 9.13. The molecule has 6 nitrogen and oxygen atoms in total. The lowest BCUT2D eigenvalue weighted by molar-refractivity contribution is -0.127. The normalized spacial score (nSPS) is 21.2. The quantitative estimate of drug-likeness (QED) is 0.535. The first kappa shape index (κ1) is 21.7. The summed E-state index contributed by atoms with van der Waals surface area (Å²) in [6.07, 6.45) is 6.23. The molecule has 1 aromatic heterocycles. The molecule has 1 aliphatic heterocycles. The van der Waals surface area contributed by atoms with Crippen LogP contribution in [0.2, 0.25) is 0 Å². The summed E-state index contributed by atoms with van der Waals surface area (Å²) >= 11 is 0. The van der Waals surface area contributed by atoms with Gasteiger partial charge in [-0.2, -0.15) is 0 Å². The smallest absolute Gasteiger partial charge is 0.223 e. The van der Waals surface area contributed by atoms with Crippen molar-refractivity contribution in [1.82, 2.24) is 5.32 Å². The number of hydrogen-bond donors (Lipinski definition) is 1. The number of piperidine rings is 1. The summed E-state index contributed by atoms with van der Waals surface area (Å²) in [5.41, 5.74) is 1.98. The van der Waals surface area contributed by atoms with Crippen LogP contribution >= 0.6 is 0 Å². The zero-order valence-corrected chi connectivity index (χ0v) is 19.3. The molecule has 6 heteroatoms. The van der Waals surface area contributed by atoms with Gasteiger partial charge in [-0.25, -0.2) is 0 Å². The molecular weight excluding hydrogens is 418 g/mol. The van der Waals surface area contributed by atoms with Gasteiger partial charge < -0.3 is 23.9 Å². The summed E-state index contributed by atoms with van der Waals surface area (Å²) in [5.74, 6) is 3.34. The molecule has 3 aromatic rings. The van der Waals surface area contributed by atoms with E-state index >= 15 is 0 Å². The van der Waals surface area contributed by atoms with Crippen molar-refractivity contribution < 1.29 is 23.4 Å². The van der Waals surface area contributed by atoms with E-state index in [1.54, 1.807) is 14.2 Å². The third-order valence-corrected chi connectivity index (χ3v) is 6.94. The van der Waals surface area contributed by atoms with Crippen molar-refractivity contribution in [1.29, 1.82) is 0 Å². The molecule has 0 radical (unpaired) electrons. The number of fused-ring (bicyclic) bond motifs is 1. The predicted octanol–water partition coefficient (Wildman–Crippen LogP) is 5.23. The summed E-state index contributed by atoms with van der Waals surface area (Å²) < 4.78 is 23.1. The largest absolute Gasteiger partial charge is 0.497 e. The minimum absolute atomic E-state index is 0.0835. The number of nitrogens with one attached hydrogen (secondary N) is 1. The summed E-state index contributed by atoms with van der Waals surface area (Å²) in [5, 5.41) is 4.09. The first-order valence-electron chi connectivity index (χ1n) is 11.8. The van der Waals surface area contributed by atoms with E-state index in [4.69, 9.17) is 18.6 Å². The first-order chi connectivity index (χ1) is 16.1. The van der Waals surface area contributed by atoms with Crippen molar-refractivity contribution in [2.45, 2.75) is 50.5 Å². The minimum Gasteiger partial charge on any atom is -0.497 e. The number of methoxy groups -OCH3 is 2. The molecule has 0 bridgehead atoms. The molecule has 1 saturated carbocycles. The van der Waals surface area contributed by atoms with Crippen molar-refractivity contribution in [3.63, 3.8) is 0 Å². The highest BCUT2D eigenvalue weighted by atomic mass is 16.5. The van der Waals surface area contributed by atoms with E-state index in [0.717, 1.165) is 53.2 Å². The molecule has 2 heterocycles. The molecule has 1 N–H and O–H groups in total. The second kappa shape index (κ2) is 9.38. The number of furan rings is 1. The van der Waals surface area contributed by atoms with Gasteiger partial charge in [-0.1, -0.05) is 6.07 Å². The lowest BCUT2D eigenvalue weighted by atomic mass is 9.83. The van der Waals surface area contributed by atoms with Gasteiger partial charge >= 0.3 is 0 Å². The van der Waals surface area contributed by atoms with Crippen molar-refractivity contribution >= 4 is 16.9 Å². The lowest BCUT2D eigenvalue weighted by Crippen LogP contribution is -2.41. The Morgan fingerprint density at radius 1 is 1.00 bits per heavy atom. The molecule has 1 amide bonds. The maximum Gasteiger partial charge on any atom is 0.223 e. The van der Waals surface area contributed by atoms with Crippen LogP contribution in [-0.2, 0) is 11.2 Å². The molecule has 0 unspecified atom stereocenters. The number of ether oxygens (including phenoxy) is 3. The Morgan fingerprint density at radius 3 is 2.64 bits per heavy atom. The van der Waals surface area contributed by atoms with Gasteiger partial charge in [0.2, 0.25) is 5.91 Å². The summed E-state index contributed by atoms with van der Waals surface area (Å²) in [6, 6.07) is 13.9. The van der Waals surface area contributed by atoms with Crippen LogP contribution in [0.25, 0.3) is 11.0 Å². The Bertz CT molecular complexity index is 1130. The van der Waals surface area contributed by atoms with Gasteiger partial charge in [-0.05, 0) is 74.1 Å². The topological polar surface area (TPSA) is 69.9 Å². The second-order valence-electron chi connectivity index (χ2n) is 9.13. The zero-order chi connectivity index (χ0) is 22.8. The Labute approximate surface area is 194 Å². The third kappa shape index (κ3) is 4.65. The van der Waals surface area contributed by atoms with Crippen LogP contribution in [0.1, 0.15) is 49.3 Å². The molecule has 33 heavy (non-hydrogen) atoms. The number of rotatable bonds is 7. The van der Waals surface area contributed by atoms with E-state index in [2.05, 4.69) is 17.4 Å². The minimum atomic E-state index is -0.146. The van der Waals surface area contributed by atoms with Crippen LogP contribution in [0, 0.1) is 5.92 Å². The van der Waals surface area contributed by atoms with Crippen LogP contribution in [0.3, 0.4) is 0 Å². The highest BCUT2D eigenvalue weighted by Gasteiger charge is 2.31. The Morgan fingerprint density at radius 2 is 1.85 bits per heavy atom. The molecule has 2 aliphatic rings. The molecule has 2 aromatic carbocycles. The average molecular weight is 450 g/mol. The molecule has 5 rings (SSSR count). The van der Waals surface area contributed by atoms with Crippen LogP contribution in [-0.4, -0.2) is 32.8 Å². The van der Waals surface area contributed by atoms with Crippen molar-refractivity contribution in [3.8, 4) is 17.2 Å². The summed E-state index contributed by atoms with van der Waals surface area (Å²) in [4.78, 5) is 12.7. The maximum atomic E-state index is 12.7. The summed E-state index contributed by atoms with van der Waals surface area (Å²) in [6.45, 7) is 0.627. The number of benzene rings is 2. The van der Waals surface area contributed by atoms with Crippen LogP contribution in [0.5, 0.6) is 17.2 Å². The van der Waals surface area contributed by atoms with E-state index in [-0.39, 0.29) is 23.8 Å². The van der Waals surface area contributed by atoms with Crippen LogP contribution in [0.15, 0.2) is 46.9 Å². The van der Waals surface area contributed by atoms with Gasteiger partial charge in [0.1, 0.15) is 17.1 Å². The molecule has 1 saturated heterocycles. The molecular formula is C27H31NO5. The monoisotopic (exact) mass is 449 g/mol. The Kier molecular flexibility index (Phi) is 6.16. The Hall–Kier alpha value is -3.15. The van der Waals surface area contributed by atoms with E-state index in [9.17, 15) is 4.79 Å². The van der Waals surface area contributed by atoms with Gasteiger partial charge in [0, 0.05) is 30.2 Å². The fourth-order valence-electron chi connectivity index (χ4n) is 5.10. The fraction of sp³-hybridized carbons (Fsp3) is 0.444. The van der Waals surface area contributed by atoms with Gasteiger partial charge in [-0.3, -0.25) is 4.79 Å². The standard InChI is InChI=1S/C27H31NO5/c1-30-22-8-10-24-18(12-22)13-23(33-24)14-19-11-20(16-28-27(19)29)17-7-9-25(31-2)26(15-17)32-21-5-3-4-6-21/h7-10,12-13,15,19-21H,3-6,11,14,16H2,1-2H3,(H,28,29)/t19-,20-/m1/s1. The van der Waals surface area contributed by atoms with E-state index in [1.807, 2.05) is 30.3 Å². The molecule has 2 atom stereocenters. The van der Waals surface area contributed by atoms with Gasteiger partial charge in [0.05, 0.1) is 20.3 Å². The van der Waals surface area contributed by atoms with Crippen LogP contribution in [0.4, 0.5) is 0 Å². The molecule has 1 aliphatic carbocycles. The van der Waals surface area contributed by atoms with Gasteiger partial charge in [-0.15, -0.1) is 0 Å².